The minimum absolute atomic E-state index is 0.00841. The van der Waals surface area contributed by atoms with Gasteiger partial charge < -0.3 is 10.2 Å². The van der Waals surface area contributed by atoms with Gasteiger partial charge in [-0.15, -0.1) is 0 Å². The summed E-state index contributed by atoms with van der Waals surface area (Å²) in [4.78, 5) is 27.3. The molecule has 2 aromatic carbocycles. The summed E-state index contributed by atoms with van der Waals surface area (Å²) in [6, 6.07) is 7.66. The lowest BCUT2D eigenvalue weighted by atomic mass is 10.1. The Labute approximate surface area is 230 Å². The van der Waals surface area contributed by atoms with Gasteiger partial charge in [0.2, 0.25) is 21.8 Å². The van der Waals surface area contributed by atoms with Gasteiger partial charge >= 0.3 is 6.18 Å². The highest BCUT2D eigenvalue weighted by Crippen LogP contribution is 2.32. The lowest BCUT2D eigenvalue weighted by Gasteiger charge is -2.30. The van der Waals surface area contributed by atoms with Gasteiger partial charge in [-0.1, -0.05) is 35.3 Å². The van der Waals surface area contributed by atoms with Crippen LogP contribution in [0.4, 0.5) is 18.9 Å². The minimum Gasteiger partial charge on any atom is -0.352 e. The first-order chi connectivity index (χ1) is 17.5. The molecular formula is C25H30Cl2F3N3O4S. The molecule has 0 heterocycles. The number of benzene rings is 2. The van der Waals surface area contributed by atoms with E-state index in [1.807, 2.05) is 0 Å². The maximum atomic E-state index is 13.3. The molecule has 38 heavy (non-hydrogen) atoms. The van der Waals surface area contributed by atoms with Gasteiger partial charge in [0.15, 0.2) is 0 Å². The van der Waals surface area contributed by atoms with Crippen molar-refractivity contribution in [3.8, 4) is 0 Å². The number of rotatable bonds is 11. The molecule has 1 N–H and O–H groups in total. The van der Waals surface area contributed by atoms with Gasteiger partial charge in [-0.3, -0.25) is 13.9 Å². The molecule has 2 amide bonds. The third-order valence-corrected chi connectivity index (χ3v) is 7.35. The SMILES string of the molecule is CC(C)NC(=O)[C@H](C)N(Cc1ccc(Cl)cc1Cl)C(=O)CCCN(c1cccc(C(F)(F)F)c1)S(C)(=O)=O. The first-order valence-corrected chi connectivity index (χ1v) is 14.3. The van der Waals surface area contributed by atoms with E-state index in [1.165, 1.54) is 17.0 Å². The Kier molecular flexibility index (Phi) is 10.9. The molecule has 0 aliphatic rings. The summed E-state index contributed by atoms with van der Waals surface area (Å²) >= 11 is 12.2. The number of amides is 2. The summed E-state index contributed by atoms with van der Waals surface area (Å²) in [5.41, 5.74) is -0.602. The van der Waals surface area contributed by atoms with Crippen molar-refractivity contribution in [2.24, 2.45) is 0 Å². The van der Waals surface area contributed by atoms with Crippen LogP contribution in [0.15, 0.2) is 42.5 Å². The zero-order chi connectivity index (χ0) is 28.8. The maximum Gasteiger partial charge on any atom is 0.416 e. The van der Waals surface area contributed by atoms with E-state index >= 15 is 0 Å². The molecule has 0 radical (unpaired) electrons. The molecule has 0 fully saturated rings. The smallest absolute Gasteiger partial charge is 0.352 e. The lowest BCUT2D eigenvalue weighted by Crippen LogP contribution is -2.49. The Morgan fingerprint density at radius 1 is 1.05 bits per heavy atom. The first-order valence-electron chi connectivity index (χ1n) is 11.7. The van der Waals surface area contributed by atoms with Crippen molar-refractivity contribution in [3.63, 3.8) is 0 Å². The summed E-state index contributed by atoms with van der Waals surface area (Å²) in [7, 11) is -3.95. The van der Waals surface area contributed by atoms with Crippen molar-refractivity contribution in [3.05, 3.63) is 63.6 Å². The van der Waals surface area contributed by atoms with Crippen LogP contribution < -0.4 is 9.62 Å². The van der Waals surface area contributed by atoms with Crippen molar-refractivity contribution in [2.45, 2.75) is 58.4 Å². The second-order valence-electron chi connectivity index (χ2n) is 9.08. The summed E-state index contributed by atoms with van der Waals surface area (Å²) in [5.74, 6) is -0.847. The number of carbonyl (C=O) groups is 2. The van der Waals surface area contributed by atoms with Crippen molar-refractivity contribution in [2.75, 3.05) is 17.1 Å². The van der Waals surface area contributed by atoms with Gasteiger partial charge in [-0.2, -0.15) is 13.2 Å². The van der Waals surface area contributed by atoms with E-state index in [9.17, 15) is 31.2 Å². The van der Waals surface area contributed by atoms with Gasteiger partial charge in [0.05, 0.1) is 17.5 Å². The van der Waals surface area contributed by atoms with Crippen LogP contribution in [0.2, 0.25) is 10.0 Å². The van der Waals surface area contributed by atoms with Gasteiger partial charge in [-0.05, 0) is 63.1 Å². The number of alkyl halides is 3. The molecule has 1 atom stereocenters. The molecule has 2 rings (SSSR count). The van der Waals surface area contributed by atoms with Crippen molar-refractivity contribution >= 4 is 50.7 Å². The number of halogens is 5. The Bertz CT molecular complexity index is 1260. The first kappa shape index (κ1) is 31.7. The number of hydrogen-bond donors (Lipinski definition) is 1. The van der Waals surface area contributed by atoms with E-state index < -0.39 is 33.7 Å². The van der Waals surface area contributed by atoms with E-state index in [1.54, 1.807) is 32.9 Å². The number of hydrogen-bond acceptors (Lipinski definition) is 4. The molecule has 0 unspecified atom stereocenters. The van der Waals surface area contributed by atoms with Crippen LogP contribution in [0, 0.1) is 0 Å². The molecule has 2 aromatic rings. The van der Waals surface area contributed by atoms with E-state index in [4.69, 9.17) is 23.2 Å². The Morgan fingerprint density at radius 3 is 2.26 bits per heavy atom. The quantitative estimate of drug-likeness (QED) is 0.371. The van der Waals surface area contributed by atoms with Crippen molar-refractivity contribution in [1.29, 1.82) is 0 Å². The zero-order valence-corrected chi connectivity index (χ0v) is 23.7. The van der Waals surface area contributed by atoms with E-state index in [2.05, 4.69) is 5.32 Å². The van der Waals surface area contributed by atoms with Crippen LogP contribution in [0.25, 0.3) is 0 Å². The van der Waals surface area contributed by atoms with Crippen LogP contribution in [-0.2, 0) is 32.3 Å². The van der Waals surface area contributed by atoms with Crippen molar-refractivity contribution in [1.82, 2.24) is 10.2 Å². The standard InChI is InChI=1S/C25H30Cl2F3N3O4S/c1-16(2)31-24(35)17(3)32(15-18-10-11-20(26)14-22(18)27)23(34)9-6-12-33(38(4,36)37)21-8-5-7-19(13-21)25(28,29)30/h5,7-8,10-11,13-14,16-17H,6,9,12,15H2,1-4H3,(H,31,35)/t17-/m0/s1. The van der Waals surface area contributed by atoms with E-state index in [0.717, 1.165) is 28.8 Å². The number of carbonyl (C=O) groups excluding carboxylic acids is 2. The Hall–Kier alpha value is -2.50. The number of sulfonamides is 1. The lowest BCUT2D eigenvalue weighted by molar-refractivity contribution is -0.140. The van der Waals surface area contributed by atoms with Gasteiger partial charge in [0, 0.05) is 35.6 Å². The predicted molar refractivity (Wildman–Crippen MR) is 143 cm³/mol. The molecule has 13 heteroatoms. The molecule has 0 bridgehead atoms. The summed E-state index contributed by atoms with van der Waals surface area (Å²) in [6.45, 7) is 4.87. The highest BCUT2D eigenvalue weighted by Gasteiger charge is 2.32. The molecule has 0 saturated carbocycles. The normalized spacial score (nSPS) is 12.8. The summed E-state index contributed by atoms with van der Waals surface area (Å²) < 4.78 is 65.1. The van der Waals surface area contributed by atoms with Crippen LogP contribution in [0.3, 0.4) is 0 Å². The number of anilines is 1. The average Bonchev–Trinajstić information content (AvgIpc) is 2.79. The zero-order valence-electron chi connectivity index (χ0n) is 21.4. The average molecular weight is 596 g/mol. The molecule has 0 aromatic heterocycles. The van der Waals surface area contributed by atoms with E-state index in [-0.39, 0.29) is 43.6 Å². The predicted octanol–water partition coefficient (Wildman–Crippen LogP) is 5.50. The van der Waals surface area contributed by atoms with Crippen LogP contribution in [0.1, 0.15) is 44.7 Å². The highest BCUT2D eigenvalue weighted by atomic mass is 35.5. The monoisotopic (exact) mass is 595 g/mol. The molecule has 0 saturated heterocycles. The molecule has 210 valence electrons. The van der Waals surface area contributed by atoms with Crippen LogP contribution >= 0.6 is 23.2 Å². The van der Waals surface area contributed by atoms with Gasteiger partial charge in [-0.25, -0.2) is 8.42 Å². The van der Waals surface area contributed by atoms with Gasteiger partial charge in [0.25, 0.3) is 0 Å². The molecule has 0 aliphatic carbocycles. The third kappa shape index (κ3) is 9.06. The molecule has 0 spiro atoms. The number of nitrogens with one attached hydrogen (secondary N) is 1. The molecular weight excluding hydrogens is 566 g/mol. The molecule has 7 nitrogen and oxygen atoms in total. The Morgan fingerprint density at radius 2 is 1.71 bits per heavy atom. The highest BCUT2D eigenvalue weighted by molar-refractivity contribution is 7.92. The van der Waals surface area contributed by atoms with E-state index in [0.29, 0.717) is 15.6 Å². The summed E-state index contributed by atoms with van der Waals surface area (Å²) in [5, 5.41) is 3.46. The van der Waals surface area contributed by atoms with Crippen LogP contribution in [-0.4, -0.2) is 50.0 Å². The second-order valence-corrected chi connectivity index (χ2v) is 11.8. The fourth-order valence-corrected chi connectivity index (χ4v) is 5.09. The number of nitrogens with zero attached hydrogens (tertiary/aromatic N) is 2. The minimum atomic E-state index is -4.65. The fraction of sp³-hybridized carbons (Fsp3) is 0.440. The molecule has 0 aliphatic heterocycles. The third-order valence-electron chi connectivity index (χ3n) is 5.57. The second kappa shape index (κ2) is 13.0. The Balaban J connectivity index is 2.25. The largest absolute Gasteiger partial charge is 0.416 e. The fourth-order valence-electron chi connectivity index (χ4n) is 3.66. The van der Waals surface area contributed by atoms with Crippen LogP contribution in [0.5, 0.6) is 0 Å². The topological polar surface area (TPSA) is 86.8 Å². The van der Waals surface area contributed by atoms with Crippen molar-refractivity contribution < 1.29 is 31.2 Å². The van der Waals surface area contributed by atoms with Gasteiger partial charge in [0.1, 0.15) is 6.04 Å². The maximum absolute atomic E-state index is 13.3. The summed E-state index contributed by atoms with van der Waals surface area (Å²) in [6.07, 6.45) is -3.95.